The minimum atomic E-state index is -2.95. The number of carbonyl (C=O) groups excluding carboxylic acids is 1. The molecule has 5 nitrogen and oxygen atoms in total. The number of nitrogens with zero attached hydrogens (tertiary/aromatic N) is 2. The first kappa shape index (κ1) is 21.9. The Kier molecular flexibility index (Phi) is 8.16. The molecule has 0 saturated carbocycles. The van der Waals surface area contributed by atoms with E-state index in [2.05, 4.69) is 10.8 Å². The summed E-state index contributed by atoms with van der Waals surface area (Å²) >= 11 is 0. The fraction of sp³-hybridized carbons (Fsp3) is 0.273. The smallest absolute Gasteiger partial charge is 0.387 e. The van der Waals surface area contributed by atoms with E-state index in [4.69, 9.17) is 10.00 Å². The number of methoxy groups -OCH3 is 1. The van der Waals surface area contributed by atoms with E-state index in [-0.39, 0.29) is 17.4 Å². The molecule has 0 heterocycles. The lowest BCUT2D eigenvalue weighted by Crippen LogP contribution is -2.29. The molecule has 152 valence electrons. The van der Waals surface area contributed by atoms with Gasteiger partial charge in [0.1, 0.15) is 0 Å². The number of alkyl halides is 2. The van der Waals surface area contributed by atoms with Crippen molar-refractivity contribution in [3.63, 3.8) is 0 Å². The number of rotatable bonds is 9. The summed E-state index contributed by atoms with van der Waals surface area (Å²) in [5.74, 6) is -0.0922. The molecule has 0 aliphatic carbocycles. The van der Waals surface area contributed by atoms with Crippen LogP contribution in [0.4, 0.5) is 8.78 Å². The van der Waals surface area contributed by atoms with Crippen LogP contribution >= 0.6 is 0 Å². The summed E-state index contributed by atoms with van der Waals surface area (Å²) < 4.78 is 34.3. The molecule has 2 rings (SSSR count). The molecule has 0 atom stereocenters. The Labute approximate surface area is 168 Å². The van der Waals surface area contributed by atoms with Gasteiger partial charge in [0.05, 0.1) is 18.7 Å². The number of hydrogen-bond acceptors (Lipinski definition) is 4. The summed E-state index contributed by atoms with van der Waals surface area (Å²) in [4.78, 5) is 14.3. The van der Waals surface area contributed by atoms with Crippen LogP contribution in [0.1, 0.15) is 30.0 Å². The molecule has 7 heteroatoms. The number of carbonyl (C=O) groups is 1. The maximum absolute atomic E-state index is 12.6. The third-order valence-electron chi connectivity index (χ3n) is 4.08. The second-order valence-corrected chi connectivity index (χ2v) is 6.19. The third-order valence-corrected chi connectivity index (χ3v) is 4.08. The van der Waals surface area contributed by atoms with Gasteiger partial charge < -0.3 is 14.4 Å². The summed E-state index contributed by atoms with van der Waals surface area (Å²) in [5.41, 5.74) is 2.11. The Bertz CT molecular complexity index is 890. The van der Waals surface area contributed by atoms with Gasteiger partial charge in [0, 0.05) is 19.2 Å². The molecule has 0 aromatic heterocycles. The number of hydrogen-bond donors (Lipinski definition) is 0. The highest BCUT2D eigenvalue weighted by atomic mass is 19.3. The van der Waals surface area contributed by atoms with E-state index in [1.54, 1.807) is 29.2 Å². The molecule has 0 radical (unpaired) electrons. The van der Waals surface area contributed by atoms with Crippen molar-refractivity contribution < 1.29 is 23.0 Å². The molecular weight excluding hydrogens is 378 g/mol. The van der Waals surface area contributed by atoms with E-state index >= 15 is 0 Å². The topological polar surface area (TPSA) is 62.6 Å². The van der Waals surface area contributed by atoms with Crippen LogP contribution in [0.5, 0.6) is 11.5 Å². The van der Waals surface area contributed by atoms with E-state index in [9.17, 15) is 13.6 Å². The minimum Gasteiger partial charge on any atom is -0.493 e. The zero-order valence-corrected chi connectivity index (χ0v) is 16.3. The Morgan fingerprint density at radius 3 is 2.52 bits per heavy atom. The van der Waals surface area contributed by atoms with E-state index in [0.717, 1.165) is 12.0 Å². The molecule has 0 saturated heterocycles. The van der Waals surface area contributed by atoms with Crippen molar-refractivity contribution in [3.8, 4) is 17.6 Å². The van der Waals surface area contributed by atoms with Gasteiger partial charge in [-0.25, -0.2) is 0 Å². The standard InChI is InChI=1S/C22H22F2N2O3/c1-3-12-26(15-18-6-4-17(14-25)5-7-18)21(27)11-9-16-8-10-19(29-22(23)24)20(13-16)28-2/h4-11,13,22H,3,12,15H2,1-2H3/b11-9+. The molecule has 0 aliphatic rings. The highest BCUT2D eigenvalue weighted by Gasteiger charge is 2.12. The van der Waals surface area contributed by atoms with Gasteiger partial charge in [0.25, 0.3) is 0 Å². The number of benzene rings is 2. The minimum absolute atomic E-state index is 0.0700. The summed E-state index contributed by atoms with van der Waals surface area (Å²) in [6, 6.07) is 13.6. The molecule has 0 spiro atoms. The van der Waals surface area contributed by atoms with Crippen LogP contribution in [-0.2, 0) is 11.3 Å². The SMILES string of the molecule is CCCN(Cc1ccc(C#N)cc1)C(=O)/C=C/c1ccc(OC(F)F)c(OC)c1. The second kappa shape index (κ2) is 10.8. The van der Waals surface area contributed by atoms with E-state index in [1.165, 1.54) is 25.3 Å². The van der Waals surface area contributed by atoms with Crippen LogP contribution in [0.3, 0.4) is 0 Å². The highest BCUT2D eigenvalue weighted by molar-refractivity contribution is 5.91. The van der Waals surface area contributed by atoms with Gasteiger partial charge >= 0.3 is 6.61 Å². The molecule has 29 heavy (non-hydrogen) atoms. The summed E-state index contributed by atoms with van der Waals surface area (Å²) in [6.07, 6.45) is 3.82. The molecule has 2 aromatic carbocycles. The van der Waals surface area contributed by atoms with Gasteiger partial charge in [0.15, 0.2) is 11.5 Å². The normalized spacial score (nSPS) is 10.8. The van der Waals surface area contributed by atoms with E-state index in [0.29, 0.717) is 24.2 Å². The number of amides is 1. The van der Waals surface area contributed by atoms with Crippen molar-refractivity contribution in [1.82, 2.24) is 4.90 Å². The van der Waals surface area contributed by atoms with E-state index in [1.807, 2.05) is 19.1 Å². The van der Waals surface area contributed by atoms with Crippen LogP contribution in [0, 0.1) is 11.3 Å². The second-order valence-electron chi connectivity index (χ2n) is 6.19. The lowest BCUT2D eigenvalue weighted by molar-refractivity contribution is -0.126. The van der Waals surface area contributed by atoms with Gasteiger partial charge in [-0.3, -0.25) is 4.79 Å². The van der Waals surface area contributed by atoms with Crippen molar-refractivity contribution in [2.24, 2.45) is 0 Å². The molecule has 0 fully saturated rings. The summed E-state index contributed by atoms with van der Waals surface area (Å²) in [7, 11) is 1.35. The monoisotopic (exact) mass is 400 g/mol. The zero-order chi connectivity index (χ0) is 21.2. The van der Waals surface area contributed by atoms with E-state index < -0.39 is 6.61 Å². The van der Waals surface area contributed by atoms with Gasteiger partial charge in [-0.1, -0.05) is 25.1 Å². The average Bonchev–Trinajstić information content (AvgIpc) is 2.72. The van der Waals surface area contributed by atoms with Crippen LogP contribution in [-0.4, -0.2) is 31.1 Å². The van der Waals surface area contributed by atoms with Crippen LogP contribution < -0.4 is 9.47 Å². The third kappa shape index (κ3) is 6.61. The van der Waals surface area contributed by atoms with Crippen LogP contribution in [0.15, 0.2) is 48.5 Å². The molecule has 0 unspecified atom stereocenters. The largest absolute Gasteiger partial charge is 0.493 e. The van der Waals surface area contributed by atoms with Crippen LogP contribution in [0.2, 0.25) is 0 Å². The molecule has 1 amide bonds. The average molecular weight is 400 g/mol. The predicted molar refractivity (Wildman–Crippen MR) is 106 cm³/mol. The lowest BCUT2D eigenvalue weighted by atomic mass is 10.1. The first-order chi connectivity index (χ1) is 14.0. The van der Waals surface area contributed by atoms with Gasteiger partial charge in [-0.15, -0.1) is 0 Å². The van der Waals surface area contributed by atoms with Crippen molar-refractivity contribution in [1.29, 1.82) is 5.26 Å². The van der Waals surface area contributed by atoms with Crippen molar-refractivity contribution in [3.05, 3.63) is 65.2 Å². The number of halogens is 2. The molecule has 2 aromatic rings. The lowest BCUT2D eigenvalue weighted by Gasteiger charge is -2.20. The Morgan fingerprint density at radius 2 is 1.93 bits per heavy atom. The number of nitriles is 1. The first-order valence-electron chi connectivity index (χ1n) is 9.05. The summed E-state index contributed by atoms with van der Waals surface area (Å²) in [6.45, 7) is 0.0349. The van der Waals surface area contributed by atoms with Crippen LogP contribution in [0.25, 0.3) is 6.08 Å². The quantitative estimate of drug-likeness (QED) is 0.576. The fourth-order valence-electron chi connectivity index (χ4n) is 2.70. The molecular formula is C22H22F2N2O3. The maximum atomic E-state index is 12.6. The van der Waals surface area contributed by atoms with Crippen molar-refractivity contribution in [2.45, 2.75) is 26.5 Å². The highest BCUT2D eigenvalue weighted by Crippen LogP contribution is 2.29. The summed E-state index contributed by atoms with van der Waals surface area (Å²) in [5, 5.41) is 8.88. The number of ether oxygens (including phenoxy) is 2. The fourth-order valence-corrected chi connectivity index (χ4v) is 2.70. The van der Waals surface area contributed by atoms with Gasteiger partial charge in [-0.05, 0) is 47.9 Å². The maximum Gasteiger partial charge on any atom is 0.387 e. The first-order valence-corrected chi connectivity index (χ1v) is 9.05. The Balaban J connectivity index is 2.11. The Hall–Kier alpha value is -3.40. The Morgan fingerprint density at radius 1 is 1.21 bits per heavy atom. The molecule has 0 N–H and O–H groups in total. The van der Waals surface area contributed by atoms with Gasteiger partial charge in [-0.2, -0.15) is 14.0 Å². The predicted octanol–water partition coefficient (Wildman–Crippen LogP) is 4.62. The zero-order valence-electron chi connectivity index (χ0n) is 16.3. The van der Waals surface area contributed by atoms with Crippen molar-refractivity contribution in [2.75, 3.05) is 13.7 Å². The van der Waals surface area contributed by atoms with Gasteiger partial charge in [0.2, 0.25) is 5.91 Å². The molecule has 0 bridgehead atoms. The van der Waals surface area contributed by atoms with Crippen molar-refractivity contribution >= 4 is 12.0 Å². The molecule has 0 aliphatic heterocycles.